The van der Waals surface area contributed by atoms with E-state index in [9.17, 15) is 8.42 Å². The summed E-state index contributed by atoms with van der Waals surface area (Å²) < 4.78 is 38.5. The number of ether oxygens (including phenoxy) is 2. The third kappa shape index (κ3) is 3.67. The number of thiophene rings is 1. The van der Waals surface area contributed by atoms with E-state index in [0.717, 1.165) is 11.3 Å². The predicted octanol–water partition coefficient (Wildman–Crippen LogP) is 3.25. The van der Waals surface area contributed by atoms with Gasteiger partial charge < -0.3 is 9.47 Å². The molecule has 1 atom stereocenters. The van der Waals surface area contributed by atoms with Gasteiger partial charge in [0.1, 0.15) is 13.6 Å². The predicted molar refractivity (Wildman–Crippen MR) is 82.1 cm³/mol. The Balaban J connectivity index is 2.09. The number of halogens is 3. The van der Waals surface area contributed by atoms with Crippen LogP contribution >= 0.6 is 50.5 Å². The van der Waals surface area contributed by atoms with Gasteiger partial charge in [0.2, 0.25) is 10.0 Å². The van der Waals surface area contributed by atoms with Gasteiger partial charge in [-0.15, -0.1) is 11.3 Å². The molecular formula is C10H12BrCl2NO4S2. The highest BCUT2D eigenvalue weighted by Gasteiger charge is 2.34. The van der Waals surface area contributed by atoms with Crippen LogP contribution in [0.15, 0.2) is 9.37 Å². The molecule has 1 aromatic heterocycles. The molecule has 10 heteroatoms. The van der Waals surface area contributed by atoms with E-state index >= 15 is 0 Å². The minimum atomic E-state index is -3.76. The molecule has 1 unspecified atom stereocenters. The van der Waals surface area contributed by atoms with Crippen LogP contribution in [0.2, 0.25) is 8.67 Å². The Hall–Kier alpha value is 0.590. The van der Waals surface area contributed by atoms with Gasteiger partial charge in [-0.1, -0.05) is 23.2 Å². The number of rotatable bonds is 4. The molecule has 1 aliphatic heterocycles. The first kappa shape index (κ1) is 17.0. The average molecular weight is 425 g/mol. The largest absolute Gasteiger partial charge is 0.348 e. The van der Waals surface area contributed by atoms with Crippen LogP contribution in [0.5, 0.6) is 0 Å². The molecule has 5 nitrogen and oxygen atoms in total. The minimum Gasteiger partial charge on any atom is -0.348 e. The molecule has 0 bridgehead atoms. The lowest BCUT2D eigenvalue weighted by molar-refractivity contribution is -0.137. The van der Waals surface area contributed by atoms with Gasteiger partial charge in [0, 0.05) is 6.54 Å². The SMILES string of the molecule is CC1(C)OCC(CNS(=O)(=O)c2c(Cl)sc(Cl)c2Br)O1. The van der Waals surface area contributed by atoms with Crippen molar-refractivity contribution in [1.82, 2.24) is 4.72 Å². The first-order chi connectivity index (χ1) is 9.12. The average Bonchev–Trinajstić information content (AvgIpc) is 2.77. The van der Waals surface area contributed by atoms with Crippen LogP contribution in [0.1, 0.15) is 13.8 Å². The van der Waals surface area contributed by atoms with E-state index in [1.807, 2.05) is 0 Å². The van der Waals surface area contributed by atoms with Crippen molar-refractivity contribution in [2.45, 2.75) is 30.6 Å². The Morgan fingerprint density at radius 2 is 2.10 bits per heavy atom. The second-order valence-corrected chi connectivity index (χ2v) is 9.32. The van der Waals surface area contributed by atoms with Crippen LogP contribution in [0.25, 0.3) is 0 Å². The second kappa shape index (κ2) is 6.00. The van der Waals surface area contributed by atoms with Crippen molar-refractivity contribution in [3.63, 3.8) is 0 Å². The molecular weight excluding hydrogens is 413 g/mol. The standard InChI is InChI=1S/C10H12BrCl2NO4S2/c1-10(2)17-4-5(18-10)3-14-20(15,16)7-6(11)8(12)19-9(7)13/h5,14H,3-4H2,1-2H3. The van der Waals surface area contributed by atoms with E-state index in [0.29, 0.717) is 6.61 Å². The Kier molecular flexibility index (Phi) is 5.09. The fourth-order valence-electron chi connectivity index (χ4n) is 1.71. The molecule has 1 aromatic rings. The summed E-state index contributed by atoms with van der Waals surface area (Å²) in [7, 11) is -3.76. The number of nitrogens with one attached hydrogen (secondary N) is 1. The third-order valence-electron chi connectivity index (χ3n) is 2.57. The monoisotopic (exact) mass is 423 g/mol. The van der Waals surface area contributed by atoms with Gasteiger partial charge in [-0.2, -0.15) is 0 Å². The molecule has 1 N–H and O–H groups in total. The van der Waals surface area contributed by atoms with Crippen molar-refractivity contribution < 1.29 is 17.9 Å². The van der Waals surface area contributed by atoms with Gasteiger partial charge >= 0.3 is 0 Å². The minimum absolute atomic E-state index is 0.0488. The topological polar surface area (TPSA) is 64.6 Å². The van der Waals surface area contributed by atoms with Crippen LogP contribution < -0.4 is 4.72 Å². The van der Waals surface area contributed by atoms with Crippen molar-refractivity contribution >= 4 is 60.5 Å². The van der Waals surface area contributed by atoms with Crippen LogP contribution in [0.3, 0.4) is 0 Å². The third-order valence-corrected chi connectivity index (χ3v) is 7.45. The van der Waals surface area contributed by atoms with Gasteiger partial charge in [-0.05, 0) is 29.8 Å². The van der Waals surface area contributed by atoms with E-state index in [4.69, 9.17) is 32.7 Å². The summed E-state index contributed by atoms with van der Waals surface area (Å²) in [5.41, 5.74) is 0. The highest BCUT2D eigenvalue weighted by atomic mass is 79.9. The van der Waals surface area contributed by atoms with Crippen molar-refractivity contribution in [2.24, 2.45) is 0 Å². The highest BCUT2D eigenvalue weighted by Crippen LogP contribution is 2.42. The maximum absolute atomic E-state index is 12.2. The Bertz CT molecular complexity index is 617. The van der Waals surface area contributed by atoms with Crippen molar-refractivity contribution in [1.29, 1.82) is 0 Å². The van der Waals surface area contributed by atoms with Crippen molar-refractivity contribution in [3.8, 4) is 0 Å². The van der Waals surface area contributed by atoms with Crippen LogP contribution in [0, 0.1) is 0 Å². The molecule has 0 aliphatic carbocycles. The summed E-state index contributed by atoms with van der Waals surface area (Å²) >= 11 is 15.9. The first-order valence-electron chi connectivity index (χ1n) is 5.57. The molecule has 1 fully saturated rings. The molecule has 114 valence electrons. The van der Waals surface area contributed by atoms with Crippen molar-refractivity contribution in [2.75, 3.05) is 13.2 Å². The molecule has 1 aliphatic rings. The Morgan fingerprint density at radius 1 is 1.45 bits per heavy atom. The first-order valence-corrected chi connectivity index (χ1v) is 9.42. The fraction of sp³-hybridized carbons (Fsp3) is 0.600. The molecule has 0 aromatic carbocycles. The lowest BCUT2D eigenvalue weighted by Crippen LogP contribution is -2.34. The molecule has 0 saturated carbocycles. The molecule has 20 heavy (non-hydrogen) atoms. The van der Waals surface area contributed by atoms with E-state index in [2.05, 4.69) is 20.7 Å². The van der Waals surface area contributed by atoms with Crippen LogP contribution in [0.4, 0.5) is 0 Å². The van der Waals surface area contributed by atoms with Crippen molar-refractivity contribution in [3.05, 3.63) is 13.1 Å². The number of sulfonamides is 1. The van der Waals surface area contributed by atoms with Crippen LogP contribution in [-0.2, 0) is 19.5 Å². The fourth-order valence-corrected chi connectivity index (χ4v) is 6.33. The van der Waals surface area contributed by atoms with Gasteiger partial charge in [0.05, 0.1) is 17.2 Å². The zero-order valence-electron chi connectivity index (χ0n) is 10.6. The molecule has 0 amide bonds. The molecule has 0 radical (unpaired) electrons. The zero-order valence-corrected chi connectivity index (χ0v) is 15.3. The van der Waals surface area contributed by atoms with E-state index < -0.39 is 15.8 Å². The Morgan fingerprint density at radius 3 is 2.55 bits per heavy atom. The van der Waals surface area contributed by atoms with Gasteiger partial charge in [0.15, 0.2) is 5.79 Å². The van der Waals surface area contributed by atoms with Crippen LogP contribution in [-0.4, -0.2) is 33.5 Å². The smallest absolute Gasteiger partial charge is 0.244 e. The number of hydrogen-bond acceptors (Lipinski definition) is 5. The highest BCUT2D eigenvalue weighted by molar-refractivity contribution is 9.10. The van der Waals surface area contributed by atoms with E-state index in [-0.39, 0.29) is 30.7 Å². The molecule has 2 rings (SSSR count). The van der Waals surface area contributed by atoms with E-state index in [1.165, 1.54) is 0 Å². The maximum Gasteiger partial charge on any atom is 0.244 e. The second-order valence-electron chi connectivity index (χ2n) is 4.60. The summed E-state index contributed by atoms with van der Waals surface area (Å²) in [5.74, 6) is -0.694. The normalized spacial score (nSPS) is 22.4. The quantitative estimate of drug-likeness (QED) is 0.805. The van der Waals surface area contributed by atoms with Gasteiger partial charge in [0.25, 0.3) is 0 Å². The lowest BCUT2D eigenvalue weighted by atomic mass is 10.4. The van der Waals surface area contributed by atoms with E-state index in [1.54, 1.807) is 13.8 Å². The summed E-state index contributed by atoms with van der Waals surface area (Å²) in [6.07, 6.45) is -0.341. The summed E-state index contributed by atoms with van der Waals surface area (Å²) in [5, 5.41) is 0. The molecule has 0 spiro atoms. The zero-order chi connectivity index (χ0) is 15.1. The molecule has 2 heterocycles. The lowest BCUT2D eigenvalue weighted by Gasteiger charge is -2.17. The van der Waals surface area contributed by atoms with Gasteiger partial charge in [-0.3, -0.25) is 0 Å². The van der Waals surface area contributed by atoms with Gasteiger partial charge in [-0.25, -0.2) is 13.1 Å². The maximum atomic E-state index is 12.2. The molecule has 1 saturated heterocycles. The number of hydrogen-bond donors (Lipinski definition) is 1. The summed E-state index contributed by atoms with van der Waals surface area (Å²) in [6, 6.07) is 0. The summed E-state index contributed by atoms with van der Waals surface area (Å²) in [4.78, 5) is -0.0488. The Labute approximate surface area is 139 Å². The summed E-state index contributed by atoms with van der Waals surface area (Å²) in [6.45, 7) is 3.97.